The Balaban J connectivity index is 2.22. The number of hydrogen-bond acceptors (Lipinski definition) is 2. The summed E-state index contributed by atoms with van der Waals surface area (Å²) in [6.45, 7) is 1.95. The van der Waals surface area contributed by atoms with Crippen LogP contribution in [0.4, 0.5) is 5.69 Å². The maximum atomic E-state index is 12.3. The summed E-state index contributed by atoms with van der Waals surface area (Å²) in [6, 6.07) is 13.5. The molecule has 0 saturated carbocycles. The molecule has 0 heterocycles. The van der Waals surface area contributed by atoms with E-state index in [9.17, 15) is 4.79 Å². The molecule has 0 fully saturated rings. The maximum Gasteiger partial charge on any atom is 0.255 e. The molecule has 19 heavy (non-hydrogen) atoms. The monoisotopic (exact) mass is 335 g/mol. The Bertz CT molecular complexity index is 596. The first-order chi connectivity index (χ1) is 9.10. The molecular weight excluding hydrogens is 322 g/mol. The largest absolute Gasteiger partial charge is 0.322 e. The molecule has 1 amide bonds. The van der Waals surface area contributed by atoms with Crippen LogP contribution in [0.1, 0.15) is 15.9 Å². The van der Waals surface area contributed by atoms with Gasteiger partial charge in [0.2, 0.25) is 0 Å². The molecule has 0 aromatic heterocycles. The molecule has 0 aliphatic heterocycles. The number of nitrogens with one attached hydrogen (secondary N) is 1. The first kappa shape index (κ1) is 14.2. The minimum absolute atomic E-state index is 0.0734. The van der Waals surface area contributed by atoms with Crippen molar-refractivity contribution < 1.29 is 4.79 Å². The molecule has 2 aromatic carbocycles. The number of hydrogen-bond donors (Lipinski definition) is 1. The molecule has 0 spiro atoms. The Hall–Kier alpha value is -1.26. The van der Waals surface area contributed by atoms with Gasteiger partial charge in [-0.2, -0.15) is 0 Å². The fourth-order valence-electron chi connectivity index (χ4n) is 1.70. The zero-order valence-corrected chi connectivity index (χ0v) is 13.1. The number of thioether (sulfide) groups is 1. The van der Waals surface area contributed by atoms with E-state index in [0.717, 1.165) is 26.2 Å². The van der Waals surface area contributed by atoms with Crippen LogP contribution in [0.3, 0.4) is 0 Å². The fraction of sp³-hybridized carbons (Fsp3) is 0.133. The van der Waals surface area contributed by atoms with E-state index >= 15 is 0 Å². The summed E-state index contributed by atoms with van der Waals surface area (Å²) in [4.78, 5) is 13.3. The van der Waals surface area contributed by atoms with Gasteiger partial charge in [0.05, 0.1) is 0 Å². The number of benzene rings is 2. The number of amides is 1. The van der Waals surface area contributed by atoms with Crippen LogP contribution in [0.15, 0.2) is 51.8 Å². The van der Waals surface area contributed by atoms with Crippen LogP contribution in [-0.2, 0) is 0 Å². The van der Waals surface area contributed by atoms with E-state index in [1.165, 1.54) is 0 Å². The Kier molecular flexibility index (Phi) is 4.66. The fourth-order valence-corrected chi connectivity index (χ4v) is 2.41. The summed E-state index contributed by atoms with van der Waals surface area (Å²) >= 11 is 5.00. The van der Waals surface area contributed by atoms with Crippen molar-refractivity contribution >= 4 is 39.3 Å². The van der Waals surface area contributed by atoms with E-state index in [4.69, 9.17) is 0 Å². The van der Waals surface area contributed by atoms with Gasteiger partial charge < -0.3 is 5.32 Å². The van der Waals surface area contributed by atoms with Crippen LogP contribution in [-0.4, -0.2) is 12.2 Å². The van der Waals surface area contributed by atoms with Crippen molar-refractivity contribution in [3.8, 4) is 0 Å². The van der Waals surface area contributed by atoms with Gasteiger partial charge >= 0.3 is 0 Å². The second kappa shape index (κ2) is 6.26. The molecule has 0 aliphatic rings. The lowest BCUT2D eigenvalue weighted by molar-refractivity contribution is 0.102. The molecule has 0 saturated heterocycles. The van der Waals surface area contributed by atoms with Crippen LogP contribution in [0.5, 0.6) is 0 Å². The summed E-state index contributed by atoms with van der Waals surface area (Å²) < 4.78 is 0.992. The lowest BCUT2D eigenvalue weighted by atomic mass is 10.1. The van der Waals surface area contributed by atoms with Crippen molar-refractivity contribution in [1.82, 2.24) is 0 Å². The first-order valence-electron chi connectivity index (χ1n) is 5.81. The minimum atomic E-state index is -0.0734. The highest BCUT2D eigenvalue weighted by Gasteiger charge is 2.10. The zero-order valence-electron chi connectivity index (χ0n) is 10.7. The molecule has 98 valence electrons. The smallest absolute Gasteiger partial charge is 0.255 e. The third-order valence-corrected chi connectivity index (χ3v) is 4.05. The lowest BCUT2D eigenvalue weighted by Crippen LogP contribution is -2.13. The highest BCUT2D eigenvalue weighted by molar-refractivity contribution is 9.10. The van der Waals surface area contributed by atoms with Gasteiger partial charge in [-0.3, -0.25) is 4.79 Å². The van der Waals surface area contributed by atoms with E-state index in [0.29, 0.717) is 0 Å². The van der Waals surface area contributed by atoms with Gasteiger partial charge in [-0.1, -0.05) is 22.0 Å². The van der Waals surface area contributed by atoms with Crippen molar-refractivity contribution in [3.05, 3.63) is 58.1 Å². The van der Waals surface area contributed by atoms with Gasteiger partial charge in [0.25, 0.3) is 5.91 Å². The average Bonchev–Trinajstić information content (AvgIpc) is 2.42. The normalized spacial score (nSPS) is 10.3. The number of carbonyl (C=O) groups excluding carboxylic acids is 1. The third kappa shape index (κ3) is 3.61. The van der Waals surface area contributed by atoms with Crippen molar-refractivity contribution in [2.45, 2.75) is 11.8 Å². The Morgan fingerprint density at radius 1 is 1.16 bits per heavy atom. The standard InChI is InChI=1S/C15H14BrNOS/c1-10-3-8-13(19-2)9-14(10)15(18)17-12-6-4-11(16)5-7-12/h3-9H,1-2H3,(H,17,18). The molecule has 2 aromatic rings. The summed E-state index contributed by atoms with van der Waals surface area (Å²) in [5, 5.41) is 2.91. The highest BCUT2D eigenvalue weighted by Crippen LogP contribution is 2.21. The summed E-state index contributed by atoms with van der Waals surface area (Å²) in [7, 11) is 0. The lowest BCUT2D eigenvalue weighted by Gasteiger charge is -2.09. The predicted octanol–water partition coefficient (Wildman–Crippen LogP) is 4.73. The minimum Gasteiger partial charge on any atom is -0.322 e. The second-order valence-corrected chi connectivity index (χ2v) is 5.94. The molecule has 0 atom stereocenters. The van der Waals surface area contributed by atoms with Crippen molar-refractivity contribution in [3.63, 3.8) is 0 Å². The van der Waals surface area contributed by atoms with E-state index in [2.05, 4.69) is 21.2 Å². The van der Waals surface area contributed by atoms with Gasteiger partial charge in [-0.05, 0) is 55.1 Å². The number of rotatable bonds is 3. The van der Waals surface area contributed by atoms with Crippen LogP contribution >= 0.6 is 27.7 Å². The van der Waals surface area contributed by atoms with Gasteiger partial charge in [0.15, 0.2) is 0 Å². The number of carbonyl (C=O) groups is 1. The topological polar surface area (TPSA) is 29.1 Å². The van der Waals surface area contributed by atoms with Crippen LogP contribution in [0.25, 0.3) is 0 Å². The highest BCUT2D eigenvalue weighted by atomic mass is 79.9. The number of anilines is 1. The first-order valence-corrected chi connectivity index (χ1v) is 7.83. The summed E-state index contributed by atoms with van der Waals surface area (Å²) in [5.41, 5.74) is 2.49. The SMILES string of the molecule is CSc1ccc(C)c(C(=O)Nc2ccc(Br)cc2)c1. The molecule has 0 unspecified atom stereocenters. The van der Waals surface area contributed by atoms with Crippen LogP contribution in [0.2, 0.25) is 0 Å². The van der Waals surface area contributed by atoms with E-state index in [-0.39, 0.29) is 5.91 Å². The molecule has 0 aliphatic carbocycles. The average molecular weight is 336 g/mol. The van der Waals surface area contributed by atoms with Crippen molar-refractivity contribution in [2.24, 2.45) is 0 Å². The van der Waals surface area contributed by atoms with Crippen LogP contribution < -0.4 is 5.32 Å². The number of aryl methyl sites for hydroxylation is 1. The zero-order chi connectivity index (χ0) is 13.8. The van der Waals surface area contributed by atoms with Gasteiger partial charge in [-0.15, -0.1) is 11.8 Å². The third-order valence-electron chi connectivity index (χ3n) is 2.79. The van der Waals surface area contributed by atoms with Crippen molar-refractivity contribution in [1.29, 1.82) is 0 Å². The van der Waals surface area contributed by atoms with E-state index in [1.807, 2.05) is 55.6 Å². The molecule has 0 radical (unpaired) electrons. The van der Waals surface area contributed by atoms with Crippen molar-refractivity contribution in [2.75, 3.05) is 11.6 Å². The quantitative estimate of drug-likeness (QED) is 0.821. The van der Waals surface area contributed by atoms with Crippen LogP contribution in [0, 0.1) is 6.92 Å². The van der Waals surface area contributed by atoms with Gasteiger partial charge in [0.1, 0.15) is 0 Å². The van der Waals surface area contributed by atoms with E-state index < -0.39 is 0 Å². The molecule has 2 nitrogen and oxygen atoms in total. The molecule has 1 N–H and O–H groups in total. The second-order valence-electron chi connectivity index (χ2n) is 4.14. The Morgan fingerprint density at radius 3 is 2.47 bits per heavy atom. The van der Waals surface area contributed by atoms with E-state index in [1.54, 1.807) is 11.8 Å². The maximum absolute atomic E-state index is 12.3. The molecule has 0 bridgehead atoms. The molecular formula is C15H14BrNOS. The number of halogens is 1. The van der Waals surface area contributed by atoms with Gasteiger partial charge in [-0.25, -0.2) is 0 Å². The predicted molar refractivity (Wildman–Crippen MR) is 85.1 cm³/mol. The Morgan fingerprint density at radius 2 is 1.84 bits per heavy atom. The summed E-state index contributed by atoms with van der Waals surface area (Å²) in [5.74, 6) is -0.0734. The van der Waals surface area contributed by atoms with Gasteiger partial charge in [0, 0.05) is 20.6 Å². The molecule has 4 heteroatoms. The molecule has 2 rings (SSSR count). The summed E-state index contributed by atoms with van der Waals surface area (Å²) in [6.07, 6.45) is 2.00. The Labute approximate surface area is 125 Å².